The van der Waals surface area contributed by atoms with Gasteiger partial charge in [0.15, 0.2) is 0 Å². The van der Waals surface area contributed by atoms with Crippen molar-refractivity contribution in [2.24, 2.45) is 0 Å². The van der Waals surface area contributed by atoms with Crippen molar-refractivity contribution in [1.29, 1.82) is 0 Å². The van der Waals surface area contributed by atoms with Crippen LogP contribution in [0.2, 0.25) is 0 Å². The van der Waals surface area contributed by atoms with Crippen molar-refractivity contribution in [1.82, 2.24) is 0 Å². The van der Waals surface area contributed by atoms with Crippen molar-refractivity contribution in [2.45, 2.75) is 26.1 Å². The highest BCUT2D eigenvalue weighted by atomic mass is 19.4. The van der Waals surface area contributed by atoms with Crippen LogP contribution in [0.15, 0.2) is 42.5 Å². The number of alkyl halides is 3. The summed E-state index contributed by atoms with van der Waals surface area (Å²) in [7, 11) is 0. The van der Waals surface area contributed by atoms with E-state index in [1.54, 1.807) is 19.1 Å². The van der Waals surface area contributed by atoms with E-state index in [2.05, 4.69) is 5.32 Å². The first-order chi connectivity index (χ1) is 9.79. The molecule has 2 rings (SSSR count). The van der Waals surface area contributed by atoms with E-state index in [1.807, 2.05) is 6.92 Å². The SMILES string of the molecule is Cc1c(F)cccc1NC(C)c1ccc(C(F)(F)F)cc1. The molecule has 0 aliphatic rings. The van der Waals surface area contributed by atoms with Gasteiger partial charge in [-0.3, -0.25) is 0 Å². The van der Waals surface area contributed by atoms with E-state index in [4.69, 9.17) is 0 Å². The topological polar surface area (TPSA) is 12.0 Å². The molecular weight excluding hydrogens is 282 g/mol. The van der Waals surface area contributed by atoms with Crippen molar-refractivity contribution in [2.75, 3.05) is 5.32 Å². The Morgan fingerprint density at radius 1 is 1.00 bits per heavy atom. The zero-order chi connectivity index (χ0) is 15.6. The van der Waals surface area contributed by atoms with E-state index in [0.29, 0.717) is 16.8 Å². The van der Waals surface area contributed by atoms with Gasteiger partial charge in [-0.25, -0.2) is 4.39 Å². The molecule has 1 N–H and O–H groups in total. The Bertz CT molecular complexity index is 617. The molecule has 0 aliphatic carbocycles. The lowest BCUT2D eigenvalue weighted by Crippen LogP contribution is -2.09. The molecular formula is C16H15F4N. The molecule has 5 heteroatoms. The second-order valence-corrected chi connectivity index (χ2v) is 4.90. The minimum Gasteiger partial charge on any atom is -0.378 e. The normalized spacial score (nSPS) is 13.0. The predicted octanol–water partition coefficient (Wildman–Crippen LogP) is 5.33. The Hall–Kier alpha value is -2.04. The standard InChI is InChI=1S/C16H15F4N/c1-10-14(17)4-3-5-15(10)21-11(2)12-6-8-13(9-7-12)16(18,19)20/h3-9,11,21H,1-2H3. The number of hydrogen-bond donors (Lipinski definition) is 1. The first-order valence-electron chi connectivity index (χ1n) is 6.48. The van der Waals surface area contributed by atoms with Crippen LogP contribution < -0.4 is 5.32 Å². The number of nitrogens with one attached hydrogen (secondary N) is 1. The molecule has 0 saturated heterocycles. The van der Waals surface area contributed by atoms with Gasteiger partial charge >= 0.3 is 6.18 Å². The lowest BCUT2D eigenvalue weighted by Gasteiger charge is -2.18. The zero-order valence-corrected chi connectivity index (χ0v) is 11.6. The van der Waals surface area contributed by atoms with Crippen molar-refractivity contribution in [3.63, 3.8) is 0 Å². The molecule has 0 spiro atoms. The second-order valence-electron chi connectivity index (χ2n) is 4.90. The molecule has 0 aliphatic heterocycles. The summed E-state index contributed by atoms with van der Waals surface area (Å²) in [4.78, 5) is 0. The third-order valence-corrected chi connectivity index (χ3v) is 3.38. The molecule has 0 saturated carbocycles. The van der Waals surface area contributed by atoms with Crippen LogP contribution in [0.1, 0.15) is 29.7 Å². The van der Waals surface area contributed by atoms with Crippen LogP contribution in [0.5, 0.6) is 0 Å². The average Bonchev–Trinajstić information content (AvgIpc) is 2.43. The quantitative estimate of drug-likeness (QED) is 0.755. The molecule has 1 atom stereocenters. The lowest BCUT2D eigenvalue weighted by molar-refractivity contribution is -0.137. The van der Waals surface area contributed by atoms with Gasteiger partial charge in [-0.2, -0.15) is 13.2 Å². The minimum absolute atomic E-state index is 0.229. The molecule has 2 aromatic carbocycles. The van der Waals surface area contributed by atoms with Crippen molar-refractivity contribution in [3.8, 4) is 0 Å². The Morgan fingerprint density at radius 2 is 1.62 bits per heavy atom. The third kappa shape index (κ3) is 3.54. The molecule has 1 unspecified atom stereocenters. The number of rotatable bonds is 3. The Labute approximate surface area is 120 Å². The first-order valence-corrected chi connectivity index (χ1v) is 6.48. The second kappa shape index (κ2) is 5.76. The summed E-state index contributed by atoms with van der Waals surface area (Å²) in [5.74, 6) is -0.320. The molecule has 0 amide bonds. The molecule has 2 aromatic rings. The molecule has 0 aromatic heterocycles. The van der Waals surface area contributed by atoms with Crippen LogP contribution in [0.4, 0.5) is 23.2 Å². The van der Waals surface area contributed by atoms with Crippen LogP contribution in [0.3, 0.4) is 0 Å². The maximum atomic E-state index is 13.5. The highest BCUT2D eigenvalue weighted by Gasteiger charge is 2.30. The van der Waals surface area contributed by atoms with Gasteiger partial charge in [0.2, 0.25) is 0 Å². The summed E-state index contributed by atoms with van der Waals surface area (Å²) in [5.41, 5.74) is 1.13. The molecule has 21 heavy (non-hydrogen) atoms. The molecule has 1 nitrogen and oxygen atoms in total. The summed E-state index contributed by atoms with van der Waals surface area (Å²) in [6.07, 6.45) is -4.34. The molecule has 0 heterocycles. The smallest absolute Gasteiger partial charge is 0.378 e. The fourth-order valence-corrected chi connectivity index (χ4v) is 2.04. The van der Waals surface area contributed by atoms with Crippen LogP contribution in [-0.2, 0) is 6.18 Å². The number of benzene rings is 2. The van der Waals surface area contributed by atoms with E-state index < -0.39 is 11.7 Å². The number of halogens is 4. The van der Waals surface area contributed by atoms with Crippen LogP contribution in [-0.4, -0.2) is 0 Å². The number of hydrogen-bond acceptors (Lipinski definition) is 1. The summed E-state index contributed by atoms with van der Waals surface area (Å²) in [5, 5.41) is 3.10. The van der Waals surface area contributed by atoms with Crippen molar-refractivity contribution in [3.05, 3.63) is 65.0 Å². The average molecular weight is 297 g/mol. The fourth-order valence-electron chi connectivity index (χ4n) is 2.04. The summed E-state index contributed by atoms with van der Waals surface area (Å²) in [6.45, 7) is 3.46. The van der Waals surface area contributed by atoms with Gasteiger partial charge < -0.3 is 5.32 Å². The van der Waals surface area contributed by atoms with E-state index in [9.17, 15) is 17.6 Å². The van der Waals surface area contributed by atoms with Gasteiger partial charge in [-0.05, 0) is 43.7 Å². The molecule has 0 radical (unpaired) electrons. The maximum Gasteiger partial charge on any atom is 0.416 e. The monoisotopic (exact) mass is 297 g/mol. The molecule has 0 bridgehead atoms. The van der Waals surface area contributed by atoms with Crippen molar-refractivity contribution < 1.29 is 17.6 Å². The minimum atomic E-state index is -4.34. The zero-order valence-electron chi connectivity index (χ0n) is 11.6. The highest BCUT2D eigenvalue weighted by molar-refractivity contribution is 5.52. The Balaban J connectivity index is 2.17. The number of anilines is 1. The fraction of sp³-hybridized carbons (Fsp3) is 0.250. The van der Waals surface area contributed by atoms with E-state index in [0.717, 1.165) is 12.1 Å². The van der Waals surface area contributed by atoms with Crippen LogP contribution in [0.25, 0.3) is 0 Å². The highest BCUT2D eigenvalue weighted by Crippen LogP contribution is 2.30. The third-order valence-electron chi connectivity index (χ3n) is 3.38. The molecule has 0 fully saturated rings. The van der Waals surface area contributed by atoms with Gasteiger partial charge in [0.05, 0.1) is 5.56 Å². The largest absolute Gasteiger partial charge is 0.416 e. The summed E-state index contributed by atoms with van der Waals surface area (Å²) in [6, 6.07) is 9.40. The van der Waals surface area contributed by atoms with Gasteiger partial charge in [-0.1, -0.05) is 18.2 Å². The van der Waals surface area contributed by atoms with Gasteiger partial charge in [0.25, 0.3) is 0 Å². The maximum absolute atomic E-state index is 13.5. The summed E-state index contributed by atoms with van der Waals surface area (Å²) >= 11 is 0. The Morgan fingerprint density at radius 3 is 2.19 bits per heavy atom. The lowest BCUT2D eigenvalue weighted by atomic mass is 10.0. The molecule has 112 valence electrons. The van der Waals surface area contributed by atoms with Gasteiger partial charge in [-0.15, -0.1) is 0 Å². The van der Waals surface area contributed by atoms with Gasteiger partial charge in [0.1, 0.15) is 5.82 Å². The van der Waals surface area contributed by atoms with E-state index in [-0.39, 0.29) is 11.9 Å². The van der Waals surface area contributed by atoms with E-state index in [1.165, 1.54) is 18.2 Å². The van der Waals surface area contributed by atoms with Crippen LogP contribution >= 0.6 is 0 Å². The predicted molar refractivity (Wildman–Crippen MR) is 74.6 cm³/mol. The van der Waals surface area contributed by atoms with Crippen molar-refractivity contribution >= 4 is 5.69 Å². The Kier molecular flexibility index (Phi) is 4.21. The first kappa shape index (κ1) is 15.4. The van der Waals surface area contributed by atoms with E-state index >= 15 is 0 Å². The summed E-state index contributed by atoms with van der Waals surface area (Å²) < 4.78 is 51.0. The van der Waals surface area contributed by atoms with Gasteiger partial charge in [0, 0.05) is 17.3 Å². The van der Waals surface area contributed by atoms with Crippen LogP contribution in [0, 0.1) is 12.7 Å².